The lowest BCUT2D eigenvalue weighted by molar-refractivity contribution is 0.0867. The number of nitrogens with one attached hydrogen (secondary N) is 1. The Balaban J connectivity index is 1.59. The third-order valence-electron chi connectivity index (χ3n) is 5.01. The molecular weight excluding hydrogens is 318 g/mol. The molecule has 6 nitrogen and oxygen atoms in total. The van der Waals surface area contributed by atoms with Gasteiger partial charge in [-0.2, -0.15) is 0 Å². The van der Waals surface area contributed by atoms with Gasteiger partial charge in [0.2, 0.25) is 0 Å². The van der Waals surface area contributed by atoms with Gasteiger partial charge in [-0.15, -0.1) is 0 Å². The molecule has 2 fully saturated rings. The summed E-state index contributed by atoms with van der Waals surface area (Å²) in [7, 11) is 0. The lowest BCUT2D eigenvalue weighted by atomic mass is 9.79. The number of carbonyl (C=O) groups is 2. The maximum atomic E-state index is 12.5. The fourth-order valence-corrected chi connectivity index (χ4v) is 3.80. The van der Waals surface area contributed by atoms with Crippen LogP contribution in [-0.2, 0) is 0 Å². The van der Waals surface area contributed by atoms with Crippen molar-refractivity contribution in [2.24, 2.45) is 5.41 Å². The third kappa shape index (κ3) is 4.24. The molecule has 3 rings (SSSR count). The van der Waals surface area contributed by atoms with Gasteiger partial charge < -0.3 is 19.9 Å². The molecule has 1 aromatic carbocycles. The number of para-hydroxylation sites is 1. The van der Waals surface area contributed by atoms with Gasteiger partial charge in [0, 0.05) is 37.6 Å². The lowest BCUT2D eigenvalue weighted by Gasteiger charge is -2.39. The summed E-state index contributed by atoms with van der Waals surface area (Å²) in [6.45, 7) is 6.76. The fourth-order valence-electron chi connectivity index (χ4n) is 3.80. The van der Waals surface area contributed by atoms with E-state index in [1.165, 1.54) is 0 Å². The van der Waals surface area contributed by atoms with E-state index < -0.39 is 0 Å². The number of nitrogens with zero attached hydrogens (tertiary/aromatic N) is 2. The van der Waals surface area contributed by atoms with E-state index in [0.29, 0.717) is 25.4 Å². The highest BCUT2D eigenvalue weighted by Gasteiger charge is 2.44. The SMILES string of the molecule is CC(C)NC(=O)N1CC[C@@]2(CCCN(C(=O)Oc3ccccc3)C2)C1. The molecule has 1 atom stereocenters. The first-order valence-electron chi connectivity index (χ1n) is 9.05. The van der Waals surface area contributed by atoms with E-state index in [1.54, 1.807) is 17.0 Å². The van der Waals surface area contributed by atoms with Crippen LogP contribution in [0.5, 0.6) is 5.75 Å². The minimum Gasteiger partial charge on any atom is -0.410 e. The molecule has 136 valence electrons. The Morgan fingerprint density at radius 1 is 1.08 bits per heavy atom. The van der Waals surface area contributed by atoms with Gasteiger partial charge in [-0.3, -0.25) is 0 Å². The molecule has 0 unspecified atom stereocenters. The molecule has 3 amide bonds. The van der Waals surface area contributed by atoms with Gasteiger partial charge in [-0.05, 0) is 45.2 Å². The van der Waals surface area contributed by atoms with Crippen molar-refractivity contribution in [2.45, 2.75) is 39.2 Å². The Morgan fingerprint density at radius 2 is 1.80 bits per heavy atom. The molecule has 1 aromatic rings. The highest BCUT2D eigenvalue weighted by atomic mass is 16.6. The van der Waals surface area contributed by atoms with Crippen molar-refractivity contribution in [1.29, 1.82) is 0 Å². The average Bonchev–Trinajstić information content (AvgIpc) is 2.99. The molecule has 2 saturated heterocycles. The highest BCUT2D eigenvalue weighted by Crippen LogP contribution is 2.39. The van der Waals surface area contributed by atoms with Crippen molar-refractivity contribution in [2.75, 3.05) is 26.2 Å². The van der Waals surface area contributed by atoms with E-state index in [-0.39, 0.29) is 23.6 Å². The summed E-state index contributed by atoms with van der Waals surface area (Å²) in [4.78, 5) is 28.4. The van der Waals surface area contributed by atoms with Gasteiger partial charge in [0.15, 0.2) is 0 Å². The van der Waals surface area contributed by atoms with Crippen LogP contribution < -0.4 is 10.1 Å². The summed E-state index contributed by atoms with van der Waals surface area (Å²) < 4.78 is 5.48. The Labute approximate surface area is 149 Å². The molecule has 0 radical (unpaired) electrons. The van der Waals surface area contributed by atoms with Crippen molar-refractivity contribution < 1.29 is 14.3 Å². The monoisotopic (exact) mass is 345 g/mol. The number of ether oxygens (including phenoxy) is 1. The molecule has 2 aliphatic rings. The van der Waals surface area contributed by atoms with E-state index in [1.807, 2.05) is 36.9 Å². The number of amides is 3. The predicted octanol–water partition coefficient (Wildman–Crippen LogP) is 3.09. The number of likely N-dealkylation sites (tertiary alicyclic amines) is 2. The van der Waals surface area contributed by atoms with Crippen molar-refractivity contribution in [3.63, 3.8) is 0 Å². The summed E-state index contributed by atoms with van der Waals surface area (Å²) in [5.74, 6) is 0.566. The summed E-state index contributed by atoms with van der Waals surface area (Å²) >= 11 is 0. The number of rotatable bonds is 2. The van der Waals surface area contributed by atoms with Crippen LogP contribution in [0.25, 0.3) is 0 Å². The number of hydrogen-bond donors (Lipinski definition) is 1. The van der Waals surface area contributed by atoms with E-state index in [0.717, 1.165) is 25.8 Å². The molecule has 1 spiro atoms. The minimum absolute atomic E-state index is 0.00226. The van der Waals surface area contributed by atoms with Crippen LogP contribution in [0.15, 0.2) is 30.3 Å². The third-order valence-corrected chi connectivity index (χ3v) is 5.01. The second-order valence-electron chi connectivity index (χ2n) is 7.48. The van der Waals surface area contributed by atoms with Crippen molar-refractivity contribution in [1.82, 2.24) is 15.1 Å². The quantitative estimate of drug-likeness (QED) is 0.896. The normalized spacial score (nSPS) is 23.2. The number of hydrogen-bond acceptors (Lipinski definition) is 3. The van der Waals surface area contributed by atoms with Crippen LogP contribution in [0.2, 0.25) is 0 Å². The van der Waals surface area contributed by atoms with Crippen LogP contribution in [0, 0.1) is 5.41 Å². The Kier molecular flexibility index (Phi) is 5.16. The molecule has 2 aliphatic heterocycles. The number of carbonyl (C=O) groups excluding carboxylic acids is 2. The molecule has 0 saturated carbocycles. The van der Waals surface area contributed by atoms with Crippen LogP contribution in [0.4, 0.5) is 9.59 Å². The summed E-state index contributed by atoms with van der Waals surface area (Å²) in [5.41, 5.74) is 0.00226. The number of piperidine rings is 1. The van der Waals surface area contributed by atoms with Gasteiger partial charge in [0.25, 0.3) is 0 Å². The maximum absolute atomic E-state index is 12.5. The zero-order valence-corrected chi connectivity index (χ0v) is 15.0. The molecule has 0 aromatic heterocycles. The summed E-state index contributed by atoms with van der Waals surface area (Å²) in [6, 6.07) is 9.28. The van der Waals surface area contributed by atoms with Crippen molar-refractivity contribution >= 4 is 12.1 Å². The first-order valence-corrected chi connectivity index (χ1v) is 9.05. The van der Waals surface area contributed by atoms with Crippen LogP contribution in [-0.4, -0.2) is 54.1 Å². The fraction of sp³-hybridized carbons (Fsp3) is 0.579. The Hall–Kier alpha value is -2.24. The van der Waals surface area contributed by atoms with E-state index in [4.69, 9.17) is 4.74 Å². The van der Waals surface area contributed by atoms with Gasteiger partial charge in [-0.1, -0.05) is 18.2 Å². The van der Waals surface area contributed by atoms with Gasteiger partial charge in [-0.25, -0.2) is 9.59 Å². The molecule has 0 bridgehead atoms. The smallest absolute Gasteiger partial charge is 0.410 e. The van der Waals surface area contributed by atoms with Gasteiger partial charge in [0.1, 0.15) is 5.75 Å². The highest BCUT2D eigenvalue weighted by molar-refractivity contribution is 5.75. The Morgan fingerprint density at radius 3 is 2.52 bits per heavy atom. The number of benzene rings is 1. The molecule has 1 N–H and O–H groups in total. The van der Waals surface area contributed by atoms with E-state index >= 15 is 0 Å². The zero-order valence-electron chi connectivity index (χ0n) is 15.0. The maximum Gasteiger partial charge on any atom is 0.415 e. The van der Waals surface area contributed by atoms with Gasteiger partial charge >= 0.3 is 12.1 Å². The predicted molar refractivity (Wildman–Crippen MR) is 95.6 cm³/mol. The Bertz CT molecular complexity index is 620. The topological polar surface area (TPSA) is 61.9 Å². The number of urea groups is 1. The van der Waals surface area contributed by atoms with Crippen LogP contribution >= 0.6 is 0 Å². The first kappa shape index (κ1) is 17.6. The lowest BCUT2D eigenvalue weighted by Crippen LogP contribution is -2.49. The molecule has 2 heterocycles. The van der Waals surface area contributed by atoms with Crippen LogP contribution in [0.1, 0.15) is 33.1 Å². The van der Waals surface area contributed by atoms with Crippen molar-refractivity contribution in [3.8, 4) is 5.75 Å². The molecular formula is C19H27N3O3. The van der Waals surface area contributed by atoms with E-state index in [2.05, 4.69) is 5.32 Å². The zero-order chi connectivity index (χ0) is 17.9. The summed E-state index contributed by atoms with van der Waals surface area (Å²) in [5, 5.41) is 2.96. The molecule has 0 aliphatic carbocycles. The standard InChI is InChI=1S/C19H27N3O3/c1-15(2)20-17(23)21-12-10-19(13-21)9-6-11-22(14-19)18(24)25-16-7-4-3-5-8-16/h3-5,7-8,15H,6,9-14H2,1-2H3,(H,20,23)/t19-/m0/s1. The van der Waals surface area contributed by atoms with Gasteiger partial charge in [0.05, 0.1) is 0 Å². The van der Waals surface area contributed by atoms with Crippen LogP contribution in [0.3, 0.4) is 0 Å². The average molecular weight is 345 g/mol. The second-order valence-corrected chi connectivity index (χ2v) is 7.48. The largest absolute Gasteiger partial charge is 0.415 e. The second kappa shape index (κ2) is 7.33. The first-order chi connectivity index (χ1) is 12.0. The van der Waals surface area contributed by atoms with E-state index in [9.17, 15) is 9.59 Å². The molecule has 6 heteroatoms. The summed E-state index contributed by atoms with van der Waals surface area (Å²) in [6.07, 6.45) is 2.64. The minimum atomic E-state index is -0.296. The van der Waals surface area contributed by atoms with Crippen molar-refractivity contribution in [3.05, 3.63) is 30.3 Å². The molecule has 25 heavy (non-hydrogen) atoms.